The van der Waals surface area contributed by atoms with Gasteiger partial charge in [0.2, 0.25) is 10.0 Å². The van der Waals surface area contributed by atoms with E-state index in [4.69, 9.17) is 0 Å². The molecule has 29 heavy (non-hydrogen) atoms. The lowest BCUT2D eigenvalue weighted by atomic mass is 10.0. The van der Waals surface area contributed by atoms with Crippen molar-refractivity contribution in [1.29, 1.82) is 0 Å². The summed E-state index contributed by atoms with van der Waals surface area (Å²) >= 11 is 1.58. The molecule has 0 fully saturated rings. The minimum Gasteiger partial charge on any atom is -0.385 e. The van der Waals surface area contributed by atoms with Crippen molar-refractivity contribution in [3.8, 4) is 0 Å². The van der Waals surface area contributed by atoms with Gasteiger partial charge in [-0.05, 0) is 55.6 Å². The van der Waals surface area contributed by atoms with Crippen LogP contribution < -0.4 is 15.4 Å². The molecule has 0 aliphatic carbocycles. The third kappa shape index (κ3) is 6.48. The highest BCUT2D eigenvalue weighted by atomic mass is 32.2. The number of sulfonamides is 1. The molecular weight excluding hydrogens is 406 g/mol. The summed E-state index contributed by atoms with van der Waals surface area (Å²) in [5, 5.41) is 6.13. The lowest BCUT2D eigenvalue weighted by molar-refractivity contribution is 0.102. The number of carbonyl (C=O) groups excluding carboxylic acids is 1. The molecule has 0 aliphatic rings. The quantitative estimate of drug-likeness (QED) is 0.481. The van der Waals surface area contributed by atoms with Crippen molar-refractivity contribution in [2.24, 2.45) is 5.92 Å². The first-order valence-corrected chi connectivity index (χ1v) is 12.3. The van der Waals surface area contributed by atoms with Gasteiger partial charge in [-0.3, -0.25) is 4.79 Å². The van der Waals surface area contributed by atoms with Crippen LogP contribution in [0.5, 0.6) is 0 Å². The van der Waals surface area contributed by atoms with Crippen molar-refractivity contribution in [3.63, 3.8) is 0 Å². The number of rotatable bonds is 10. The molecule has 0 saturated carbocycles. The summed E-state index contributed by atoms with van der Waals surface area (Å²) < 4.78 is 27.0. The summed E-state index contributed by atoms with van der Waals surface area (Å²) in [5.41, 5.74) is 1.55. The molecule has 1 amide bonds. The van der Waals surface area contributed by atoms with Crippen LogP contribution in [0.25, 0.3) is 0 Å². The topological polar surface area (TPSA) is 87.3 Å². The number of thioether (sulfide) groups is 1. The van der Waals surface area contributed by atoms with Crippen LogP contribution in [0.2, 0.25) is 0 Å². The maximum Gasteiger partial charge on any atom is 0.255 e. The number of amides is 1. The first-order chi connectivity index (χ1) is 13.8. The second kappa shape index (κ2) is 10.7. The molecule has 0 heterocycles. The minimum atomic E-state index is -3.68. The van der Waals surface area contributed by atoms with Gasteiger partial charge in [0, 0.05) is 28.4 Å². The SMILES string of the molecule is CCC(CC)CNc1cc(C(=O)Nc2cccc(SC)c2)cc(S(=O)(=O)NC)c1. The van der Waals surface area contributed by atoms with Crippen molar-refractivity contribution in [1.82, 2.24) is 4.72 Å². The lowest BCUT2D eigenvalue weighted by Gasteiger charge is -2.16. The van der Waals surface area contributed by atoms with Gasteiger partial charge in [-0.15, -0.1) is 11.8 Å². The number of hydrogen-bond donors (Lipinski definition) is 3. The first-order valence-electron chi connectivity index (χ1n) is 9.60. The molecule has 0 aromatic heterocycles. The maximum atomic E-state index is 12.8. The summed E-state index contributed by atoms with van der Waals surface area (Å²) in [6, 6.07) is 12.1. The molecule has 0 unspecified atom stereocenters. The van der Waals surface area contributed by atoms with E-state index in [1.165, 1.54) is 13.1 Å². The normalized spacial score (nSPS) is 11.5. The number of nitrogens with one attached hydrogen (secondary N) is 3. The van der Waals surface area contributed by atoms with Crippen LogP contribution in [0.4, 0.5) is 11.4 Å². The van der Waals surface area contributed by atoms with E-state index in [-0.39, 0.29) is 16.4 Å². The molecule has 8 heteroatoms. The monoisotopic (exact) mass is 435 g/mol. The molecule has 2 aromatic rings. The zero-order chi connectivity index (χ0) is 21.4. The van der Waals surface area contributed by atoms with Gasteiger partial charge in [0.1, 0.15) is 0 Å². The predicted molar refractivity (Wildman–Crippen MR) is 121 cm³/mol. The summed E-state index contributed by atoms with van der Waals surface area (Å²) in [4.78, 5) is 13.9. The third-order valence-electron chi connectivity index (χ3n) is 4.82. The van der Waals surface area contributed by atoms with E-state index in [1.807, 2.05) is 24.5 Å². The zero-order valence-corrected chi connectivity index (χ0v) is 18.9. The molecular formula is C21H29N3O3S2. The Morgan fingerprint density at radius 2 is 1.79 bits per heavy atom. The number of hydrogen-bond acceptors (Lipinski definition) is 5. The van der Waals surface area contributed by atoms with Gasteiger partial charge >= 0.3 is 0 Å². The summed E-state index contributed by atoms with van der Waals surface area (Å²) in [6.45, 7) is 4.96. The van der Waals surface area contributed by atoms with E-state index in [0.717, 1.165) is 17.7 Å². The Bertz CT molecular complexity index is 942. The highest BCUT2D eigenvalue weighted by molar-refractivity contribution is 7.98. The Balaban J connectivity index is 2.34. The molecule has 3 N–H and O–H groups in total. The molecule has 0 atom stereocenters. The second-order valence-corrected chi connectivity index (χ2v) is 9.47. The van der Waals surface area contributed by atoms with Crippen molar-refractivity contribution in [2.75, 3.05) is 30.5 Å². The average Bonchev–Trinajstić information content (AvgIpc) is 2.74. The van der Waals surface area contributed by atoms with Gasteiger partial charge in [-0.2, -0.15) is 0 Å². The first kappa shape index (κ1) is 23.3. The van der Waals surface area contributed by atoms with Crippen LogP contribution in [0, 0.1) is 5.92 Å². The Kier molecular flexibility index (Phi) is 8.55. The molecule has 6 nitrogen and oxygen atoms in total. The fraction of sp³-hybridized carbons (Fsp3) is 0.381. The largest absolute Gasteiger partial charge is 0.385 e. The van der Waals surface area contributed by atoms with Crippen LogP contribution >= 0.6 is 11.8 Å². The maximum absolute atomic E-state index is 12.8. The van der Waals surface area contributed by atoms with E-state index in [9.17, 15) is 13.2 Å². The highest BCUT2D eigenvalue weighted by Gasteiger charge is 2.17. The van der Waals surface area contributed by atoms with E-state index in [0.29, 0.717) is 23.8 Å². The summed E-state index contributed by atoms with van der Waals surface area (Å²) in [6.07, 6.45) is 4.01. The fourth-order valence-electron chi connectivity index (χ4n) is 2.85. The van der Waals surface area contributed by atoms with E-state index in [1.54, 1.807) is 30.0 Å². The van der Waals surface area contributed by atoms with Crippen LogP contribution in [0.15, 0.2) is 52.3 Å². The van der Waals surface area contributed by atoms with Crippen LogP contribution in [-0.2, 0) is 10.0 Å². The van der Waals surface area contributed by atoms with Crippen LogP contribution in [0.1, 0.15) is 37.0 Å². The molecule has 0 radical (unpaired) electrons. The van der Waals surface area contributed by atoms with Gasteiger partial charge < -0.3 is 10.6 Å². The van der Waals surface area contributed by atoms with E-state index < -0.39 is 10.0 Å². The van der Waals surface area contributed by atoms with Gasteiger partial charge in [-0.1, -0.05) is 32.8 Å². The average molecular weight is 436 g/mol. The van der Waals surface area contributed by atoms with Crippen molar-refractivity contribution >= 4 is 39.1 Å². The smallest absolute Gasteiger partial charge is 0.255 e. The van der Waals surface area contributed by atoms with Crippen molar-refractivity contribution in [3.05, 3.63) is 48.0 Å². The Labute approximate surface area is 177 Å². The van der Waals surface area contributed by atoms with Crippen molar-refractivity contribution in [2.45, 2.75) is 36.5 Å². The highest BCUT2D eigenvalue weighted by Crippen LogP contribution is 2.23. The van der Waals surface area contributed by atoms with Gasteiger partial charge in [-0.25, -0.2) is 13.1 Å². The van der Waals surface area contributed by atoms with Gasteiger partial charge in [0.25, 0.3) is 5.91 Å². The van der Waals surface area contributed by atoms with Crippen LogP contribution in [0.3, 0.4) is 0 Å². The van der Waals surface area contributed by atoms with Gasteiger partial charge in [0.05, 0.1) is 4.90 Å². The number of benzene rings is 2. The molecule has 0 bridgehead atoms. The van der Waals surface area contributed by atoms with E-state index >= 15 is 0 Å². The zero-order valence-electron chi connectivity index (χ0n) is 17.3. The minimum absolute atomic E-state index is 0.0533. The number of carbonyl (C=O) groups is 1. The fourth-order valence-corrected chi connectivity index (χ4v) is 4.11. The molecule has 2 rings (SSSR count). The predicted octanol–water partition coefficient (Wildman–Crippen LogP) is 4.42. The molecule has 2 aromatic carbocycles. The second-order valence-electron chi connectivity index (χ2n) is 6.70. The lowest BCUT2D eigenvalue weighted by Crippen LogP contribution is -2.21. The summed E-state index contributed by atoms with van der Waals surface area (Å²) in [5.74, 6) is 0.119. The van der Waals surface area contributed by atoms with Crippen molar-refractivity contribution < 1.29 is 13.2 Å². The third-order valence-corrected chi connectivity index (χ3v) is 6.94. The molecule has 158 valence electrons. The number of anilines is 2. The van der Waals surface area contributed by atoms with E-state index in [2.05, 4.69) is 29.2 Å². The van der Waals surface area contributed by atoms with Crippen LogP contribution in [-0.4, -0.2) is 34.2 Å². The Hall–Kier alpha value is -2.03. The molecule has 0 saturated heterocycles. The Morgan fingerprint density at radius 3 is 2.41 bits per heavy atom. The Morgan fingerprint density at radius 1 is 1.07 bits per heavy atom. The summed E-state index contributed by atoms with van der Waals surface area (Å²) in [7, 11) is -2.33. The molecule has 0 aliphatic heterocycles. The van der Waals surface area contributed by atoms with Gasteiger partial charge in [0.15, 0.2) is 0 Å². The standard InChI is InChI=1S/C21H29N3O3S2/c1-5-15(6-2)14-23-18-10-16(11-20(13-18)29(26,27)22-3)21(25)24-17-8-7-9-19(12-17)28-4/h7-13,15,22-23H,5-6,14H2,1-4H3,(H,24,25). The molecule has 0 spiro atoms.